The Hall–Kier alpha value is -1.79. The van der Waals surface area contributed by atoms with Gasteiger partial charge in [-0.1, -0.05) is 20.8 Å². The van der Waals surface area contributed by atoms with Crippen LogP contribution in [0.25, 0.3) is 0 Å². The maximum Gasteiger partial charge on any atom is 0.407 e. The van der Waals surface area contributed by atoms with E-state index in [4.69, 9.17) is 4.74 Å². The lowest BCUT2D eigenvalue weighted by molar-refractivity contribution is -0.144. The molecule has 138 valence electrons. The molecule has 0 unspecified atom stereocenters. The molecule has 0 aliphatic carbocycles. The molecule has 7 heteroatoms. The third-order valence-corrected chi connectivity index (χ3v) is 3.57. The minimum absolute atomic E-state index is 0.0195. The topological polar surface area (TPSA) is 79.0 Å². The molecular weight excluding hydrogens is 310 g/mol. The first-order valence-electron chi connectivity index (χ1n) is 8.44. The number of nitrogens with zero attached hydrogens (tertiary/aromatic N) is 2. The monoisotopic (exact) mass is 341 g/mol. The van der Waals surface area contributed by atoms with Crippen LogP contribution in [-0.4, -0.2) is 66.0 Å². The van der Waals surface area contributed by atoms with Gasteiger partial charge in [-0.2, -0.15) is 0 Å². The zero-order chi connectivity index (χ0) is 18.5. The van der Waals surface area contributed by atoms with Crippen LogP contribution in [0.1, 0.15) is 48.0 Å². The number of piperazine rings is 1. The number of hydrogen-bond donors (Lipinski definition) is 1. The molecule has 3 amide bonds. The first-order chi connectivity index (χ1) is 10.9. The van der Waals surface area contributed by atoms with Crippen molar-refractivity contribution in [1.29, 1.82) is 0 Å². The van der Waals surface area contributed by atoms with E-state index in [1.807, 2.05) is 25.7 Å². The minimum atomic E-state index is -0.552. The third kappa shape index (κ3) is 6.76. The molecule has 1 aliphatic rings. The van der Waals surface area contributed by atoms with E-state index in [0.717, 1.165) is 0 Å². The number of ether oxygens (including phenoxy) is 1. The summed E-state index contributed by atoms with van der Waals surface area (Å²) < 4.78 is 5.12. The Morgan fingerprint density at radius 1 is 0.917 bits per heavy atom. The predicted octanol–water partition coefficient (Wildman–Crippen LogP) is 1.62. The Labute approximate surface area is 144 Å². The van der Waals surface area contributed by atoms with E-state index in [2.05, 4.69) is 5.32 Å². The molecule has 1 fully saturated rings. The second-order valence-corrected chi connectivity index (χ2v) is 8.10. The second kappa shape index (κ2) is 7.85. The molecule has 24 heavy (non-hydrogen) atoms. The fourth-order valence-corrected chi connectivity index (χ4v) is 2.38. The number of carbonyl (C=O) groups is 3. The van der Waals surface area contributed by atoms with Crippen molar-refractivity contribution >= 4 is 17.9 Å². The molecule has 0 aromatic carbocycles. The quantitative estimate of drug-likeness (QED) is 0.846. The molecule has 0 aromatic rings. The fourth-order valence-electron chi connectivity index (χ4n) is 2.38. The maximum atomic E-state index is 12.2. The summed E-state index contributed by atoms with van der Waals surface area (Å²) >= 11 is 0. The van der Waals surface area contributed by atoms with E-state index in [1.54, 1.807) is 25.7 Å². The van der Waals surface area contributed by atoms with Gasteiger partial charge in [0.05, 0.1) is 0 Å². The van der Waals surface area contributed by atoms with Crippen molar-refractivity contribution in [3.63, 3.8) is 0 Å². The van der Waals surface area contributed by atoms with Gasteiger partial charge in [0.25, 0.3) is 0 Å². The standard InChI is InChI=1S/C17H31N3O4/c1-16(2,3)14(22)20-11-9-19(10-12-20)13(21)7-8-18-15(23)24-17(4,5)6/h7-12H2,1-6H3,(H,18,23). The zero-order valence-corrected chi connectivity index (χ0v) is 15.8. The molecule has 0 bridgehead atoms. The van der Waals surface area contributed by atoms with Crippen molar-refractivity contribution in [2.24, 2.45) is 5.41 Å². The van der Waals surface area contributed by atoms with Crippen molar-refractivity contribution in [1.82, 2.24) is 15.1 Å². The maximum absolute atomic E-state index is 12.2. The van der Waals surface area contributed by atoms with Crippen LogP contribution in [0.4, 0.5) is 4.79 Å². The second-order valence-electron chi connectivity index (χ2n) is 8.10. The average molecular weight is 341 g/mol. The minimum Gasteiger partial charge on any atom is -0.444 e. The molecule has 0 aromatic heterocycles. The SMILES string of the molecule is CC(C)(C)OC(=O)NCCC(=O)N1CCN(C(=O)C(C)(C)C)CC1. The van der Waals surface area contributed by atoms with Gasteiger partial charge in [-0.05, 0) is 20.8 Å². The fraction of sp³-hybridized carbons (Fsp3) is 0.824. The highest BCUT2D eigenvalue weighted by atomic mass is 16.6. The van der Waals surface area contributed by atoms with E-state index in [1.165, 1.54) is 0 Å². The number of nitrogens with one attached hydrogen (secondary N) is 1. The number of carbonyl (C=O) groups excluding carboxylic acids is 3. The lowest BCUT2D eigenvalue weighted by Crippen LogP contribution is -2.53. The largest absolute Gasteiger partial charge is 0.444 e. The highest BCUT2D eigenvalue weighted by Crippen LogP contribution is 2.18. The van der Waals surface area contributed by atoms with E-state index >= 15 is 0 Å². The Kier molecular flexibility index (Phi) is 6.63. The van der Waals surface area contributed by atoms with Crippen molar-refractivity contribution in [3.05, 3.63) is 0 Å². The van der Waals surface area contributed by atoms with Gasteiger partial charge in [-0.15, -0.1) is 0 Å². The molecule has 1 saturated heterocycles. The lowest BCUT2D eigenvalue weighted by atomic mass is 9.94. The molecule has 0 saturated carbocycles. The number of amides is 3. The van der Waals surface area contributed by atoms with E-state index in [-0.39, 0.29) is 24.8 Å². The smallest absolute Gasteiger partial charge is 0.407 e. The Balaban J connectivity index is 2.31. The summed E-state index contributed by atoms with van der Waals surface area (Å²) in [5.41, 5.74) is -0.951. The molecule has 0 radical (unpaired) electrons. The molecule has 1 aliphatic heterocycles. The summed E-state index contributed by atoms with van der Waals surface area (Å²) in [6.07, 6.45) is -0.289. The molecule has 7 nitrogen and oxygen atoms in total. The first-order valence-corrected chi connectivity index (χ1v) is 8.44. The van der Waals surface area contributed by atoms with E-state index in [9.17, 15) is 14.4 Å². The summed E-state index contributed by atoms with van der Waals surface area (Å²) in [7, 11) is 0. The molecule has 1 heterocycles. The van der Waals surface area contributed by atoms with Gasteiger partial charge in [0.1, 0.15) is 5.60 Å². The summed E-state index contributed by atoms with van der Waals surface area (Å²) in [5, 5.41) is 2.58. The van der Waals surface area contributed by atoms with Crippen molar-refractivity contribution < 1.29 is 19.1 Å². The third-order valence-electron chi connectivity index (χ3n) is 3.57. The molecular formula is C17H31N3O4. The van der Waals surface area contributed by atoms with Crippen LogP contribution >= 0.6 is 0 Å². The normalized spacial score (nSPS) is 15.9. The summed E-state index contributed by atoms with van der Waals surface area (Å²) in [4.78, 5) is 39.5. The number of hydrogen-bond acceptors (Lipinski definition) is 4. The lowest BCUT2D eigenvalue weighted by Gasteiger charge is -2.37. The average Bonchev–Trinajstić information content (AvgIpc) is 2.43. The van der Waals surface area contributed by atoms with Crippen LogP contribution in [-0.2, 0) is 14.3 Å². The summed E-state index contributed by atoms with van der Waals surface area (Å²) in [6.45, 7) is 13.5. The van der Waals surface area contributed by atoms with Crippen LogP contribution in [0, 0.1) is 5.41 Å². The first kappa shape index (κ1) is 20.3. The van der Waals surface area contributed by atoms with Crippen LogP contribution in [0.3, 0.4) is 0 Å². The predicted molar refractivity (Wildman–Crippen MR) is 91.5 cm³/mol. The van der Waals surface area contributed by atoms with Gasteiger partial charge in [0.2, 0.25) is 11.8 Å². The van der Waals surface area contributed by atoms with E-state index < -0.39 is 17.1 Å². The highest BCUT2D eigenvalue weighted by molar-refractivity contribution is 5.82. The Morgan fingerprint density at radius 2 is 1.42 bits per heavy atom. The van der Waals surface area contributed by atoms with Crippen molar-refractivity contribution in [2.45, 2.75) is 53.6 Å². The highest BCUT2D eigenvalue weighted by Gasteiger charge is 2.30. The van der Waals surface area contributed by atoms with Gasteiger partial charge in [-0.25, -0.2) is 4.79 Å². The Morgan fingerprint density at radius 3 is 1.88 bits per heavy atom. The number of rotatable bonds is 3. The van der Waals surface area contributed by atoms with Crippen LogP contribution in [0.5, 0.6) is 0 Å². The van der Waals surface area contributed by atoms with Crippen LogP contribution in [0.15, 0.2) is 0 Å². The molecule has 0 spiro atoms. The van der Waals surface area contributed by atoms with Gasteiger partial charge in [0.15, 0.2) is 0 Å². The zero-order valence-electron chi connectivity index (χ0n) is 15.8. The van der Waals surface area contributed by atoms with Crippen molar-refractivity contribution in [3.8, 4) is 0 Å². The molecule has 1 rings (SSSR count). The van der Waals surface area contributed by atoms with Crippen molar-refractivity contribution in [2.75, 3.05) is 32.7 Å². The van der Waals surface area contributed by atoms with Gasteiger partial charge in [-0.3, -0.25) is 9.59 Å². The number of alkyl carbamates (subject to hydrolysis) is 1. The van der Waals surface area contributed by atoms with Gasteiger partial charge < -0.3 is 19.9 Å². The van der Waals surface area contributed by atoms with Gasteiger partial charge >= 0.3 is 6.09 Å². The summed E-state index contributed by atoms with van der Waals surface area (Å²) in [5.74, 6) is 0.0927. The van der Waals surface area contributed by atoms with Crippen LogP contribution in [0.2, 0.25) is 0 Å². The molecule has 0 atom stereocenters. The van der Waals surface area contributed by atoms with Crippen LogP contribution < -0.4 is 5.32 Å². The molecule has 1 N–H and O–H groups in total. The Bertz CT molecular complexity index is 469. The van der Waals surface area contributed by atoms with E-state index in [0.29, 0.717) is 26.2 Å². The van der Waals surface area contributed by atoms with Gasteiger partial charge in [0, 0.05) is 44.6 Å². The summed E-state index contributed by atoms with van der Waals surface area (Å²) in [6, 6.07) is 0.